The van der Waals surface area contributed by atoms with E-state index >= 15 is 0 Å². The molecule has 0 unspecified atom stereocenters. The first-order valence-corrected chi connectivity index (χ1v) is 8.27. The minimum Gasteiger partial charge on any atom is -0.349 e. The highest BCUT2D eigenvalue weighted by molar-refractivity contribution is 7.80. The second kappa shape index (κ2) is 11.7. The van der Waals surface area contributed by atoms with Crippen molar-refractivity contribution in [1.82, 2.24) is 0 Å². The molecular weight excluding hydrogens is 376 g/mol. The molecule has 0 spiro atoms. The van der Waals surface area contributed by atoms with Crippen LogP contribution in [0.1, 0.15) is 47.0 Å². The van der Waals surface area contributed by atoms with Crippen molar-refractivity contribution in [3.05, 3.63) is 0 Å². The van der Waals surface area contributed by atoms with Crippen molar-refractivity contribution in [2.24, 2.45) is 30.9 Å². The zero-order valence-corrected chi connectivity index (χ0v) is 16.3. The minimum absolute atomic E-state index is 0.252. The van der Waals surface area contributed by atoms with Crippen LogP contribution < -0.4 is 0 Å². The van der Waals surface area contributed by atoms with Gasteiger partial charge in [0.2, 0.25) is 5.05 Å². The summed E-state index contributed by atoms with van der Waals surface area (Å²) in [6.07, 6.45) is 1.45. The second-order valence-corrected chi connectivity index (χ2v) is 6.08. The fourth-order valence-corrected chi connectivity index (χ4v) is 1.73. The lowest BCUT2D eigenvalue weighted by Gasteiger charge is -1.79. The van der Waals surface area contributed by atoms with Crippen molar-refractivity contribution in [2.75, 3.05) is 6.54 Å². The van der Waals surface area contributed by atoms with Crippen LogP contribution in [0.3, 0.4) is 0 Å². The van der Waals surface area contributed by atoms with E-state index in [-0.39, 0.29) is 11.9 Å². The highest BCUT2D eigenvalue weighted by Crippen LogP contribution is 2.02. The molecule has 0 aliphatic carbocycles. The Labute approximate surface area is 161 Å². The predicted octanol–water partition coefficient (Wildman–Crippen LogP) is 2.56. The van der Waals surface area contributed by atoms with Gasteiger partial charge in [-0.25, -0.2) is 9.59 Å². The molecule has 0 N–H and O–H groups in total. The maximum atomic E-state index is 10.1. The summed E-state index contributed by atoms with van der Waals surface area (Å²) in [6, 6.07) is 0. The summed E-state index contributed by atoms with van der Waals surface area (Å²) in [5.74, 6) is -0.505. The summed E-state index contributed by atoms with van der Waals surface area (Å²) in [5.41, 5.74) is 3.47. The van der Waals surface area contributed by atoms with Crippen LogP contribution in [0, 0.1) is 0 Å². The number of oxime groups is 3. The lowest BCUT2D eigenvalue weighted by molar-refractivity contribution is -0.140. The Morgan fingerprint density at radius 3 is 1.33 bits per heavy atom. The predicted molar refractivity (Wildman–Crippen MR) is 102 cm³/mol. The number of carbonyl (C=O) groups excluding carboxylic acids is 2. The van der Waals surface area contributed by atoms with E-state index in [1.807, 2.05) is 13.8 Å². The normalized spacial score (nSPS) is 18.9. The largest absolute Gasteiger partial charge is 0.349 e. The molecule has 4 aliphatic rings. The zero-order valence-electron chi connectivity index (χ0n) is 15.5. The average Bonchev–Trinajstić information content (AvgIpc) is 3.37. The average molecular weight is 396 g/mol. The molecule has 0 bridgehead atoms. The van der Waals surface area contributed by atoms with Crippen LogP contribution in [-0.2, 0) is 24.1 Å². The molecule has 12 heteroatoms. The molecule has 11 nitrogen and oxygen atoms in total. The fourth-order valence-electron chi connectivity index (χ4n) is 1.48. The van der Waals surface area contributed by atoms with Crippen molar-refractivity contribution in [2.45, 2.75) is 47.0 Å². The Hall–Kier alpha value is -2.89. The van der Waals surface area contributed by atoms with E-state index in [9.17, 15) is 9.59 Å². The zero-order chi connectivity index (χ0) is 20.2. The Morgan fingerprint density at radius 2 is 1.22 bits per heavy atom. The minimum atomic E-state index is -0.252. The molecular formula is C15H20N6O5S. The lowest BCUT2D eigenvalue weighted by atomic mass is 10.3. The van der Waals surface area contributed by atoms with Crippen molar-refractivity contribution in [3.63, 3.8) is 0 Å². The van der Waals surface area contributed by atoms with E-state index in [1.54, 1.807) is 13.8 Å². The van der Waals surface area contributed by atoms with Crippen LogP contribution in [0.25, 0.3) is 0 Å². The molecule has 146 valence electrons. The van der Waals surface area contributed by atoms with E-state index in [4.69, 9.17) is 0 Å². The quantitative estimate of drug-likeness (QED) is 0.456. The van der Waals surface area contributed by atoms with Crippen molar-refractivity contribution >= 4 is 52.1 Å². The molecule has 4 aliphatic heterocycles. The molecule has 0 atom stereocenters. The molecule has 0 fully saturated rings. The number of thiocarbonyl (C=S) groups is 1. The van der Waals surface area contributed by atoms with Crippen molar-refractivity contribution in [3.8, 4) is 0 Å². The van der Waals surface area contributed by atoms with Gasteiger partial charge >= 0.3 is 11.9 Å². The van der Waals surface area contributed by atoms with E-state index in [0.717, 1.165) is 29.3 Å². The van der Waals surface area contributed by atoms with Crippen molar-refractivity contribution < 1.29 is 24.1 Å². The SMILES string of the molecule is CC1=NN=NC1.CC1=NOC(=O)C1.CC1=NOC(=O)C1.CC1=NOC(=S)C1. The lowest BCUT2D eigenvalue weighted by Crippen LogP contribution is -1.92. The summed E-state index contributed by atoms with van der Waals surface area (Å²) in [5, 5.41) is 21.5. The molecule has 4 rings (SSSR count). The highest BCUT2D eigenvalue weighted by atomic mass is 32.1. The van der Waals surface area contributed by atoms with E-state index in [1.165, 1.54) is 0 Å². The molecule has 0 aromatic carbocycles. The summed E-state index contributed by atoms with van der Waals surface area (Å²) in [4.78, 5) is 33.2. The molecule has 0 aromatic rings. The molecule has 0 saturated heterocycles. The van der Waals surface area contributed by atoms with Gasteiger partial charge in [-0.3, -0.25) is 0 Å². The van der Waals surface area contributed by atoms with Crippen LogP contribution in [0.4, 0.5) is 0 Å². The third-order valence-electron chi connectivity index (χ3n) is 2.69. The van der Waals surface area contributed by atoms with Gasteiger partial charge in [-0.05, 0) is 45.1 Å². The fraction of sp³-hybridized carbons (Fsp3) is 0.533. The van der Waals surface area contributed by atoms with Gasteiger partial charge in [-0.1, -0.05) is 15.5 Å². The Bertz CT molecular complexity index is 665. The number of hydrogen-bond donors (Lipinski definition) is 0. The van der Waals surface area contributed by atoms with Gasteiger partial charge in [0.15, 0.2) is 0 Å². The van der Waals surface area contributed by atoms with Gasteiger partial charge in [0.25, 0.3) is 0 Å². The third kappa shape index (κ3) is 10.6. The molecule has 0 radical (unpaired) electrons. The maximum absolute atomic E-state index is 10.1. The van der Waals surface area contributed by atoms with Gasteiger partial charge < -0.3 is 14.5 Å². The number of rotatable bonds is 0. The summed E-state index contributed by atoms with van der Waals surface area (Å²) in [6.45, 7) is 8.00. The van der Waals surface area contributed by atoms with Crippen LogP contribution in [-0.4, -0.2) is 46.4 Å². The van der Waals surface area contributed by atoms with Crippen molar-refractivity contribution in [1.29, 1.82) is 0 Å². The maximum Gasteiger partial charge on any atom is 0.340 e. The smallest absolute Gasteiger partial charge is 0.340 e. The van der Waals surface area contributed by atoms with Crippen LogP contribution in [0.5, 0.6) is 0 Å². The monoisotopic (exact) mass is 396 g/mol. The molecule has 0 saturated carbocycles. The number of nitrogens with zero attached hydrogens (tertiary/aromatic N) is 6. The summed E-state index contributed by atoms with van der Waals surface area (Å²) in [7, 11) is 0. The van der Waals surface area contributed by atoms with E-state index in [2.05, 4.69) is 57.6 Å². The van der Waals surface area contributed by atoms with Crippen LogP contribution in [0.15, 0.2) is 30.9 Å². The molecule has 0 amide bonds. The number of hydrogen-bond acceptors (Lipinski definition) is 12. The van der Waals surface area contributed by atoms with Gasteiger partial charge in [0, 0.05) is 0 Å². The Balaban J connectivity index is 0.000000180. The van der Waals surface area contributed by atoms with Gasteiger partial charge in [-0.15, -0.1) is 5.10 Å². The first kappa shape index (κ1) is 22.2. The first-order valence-electron chi connectivity index (χ1n) is 7.86. The van der Waals surface area contributed by atoms with Gasteiger partial charge in [-0.2, -0.15) is 5.11 Å². The molecule has 4 heterocycles. The number of carbonyl (C=O) groups is 2. The van der Waals surface area contributed by atoms with Crippen LogP contribution in [0.2, 0.25) is 0 Å². The Morgan fingerprint density at radius 1 is 0.741 bits per heavy atom. The summed E-state index contributed by atoms with van der Waals surface area (Å²) >= 11 is 4.66. The third-order valence-corrected chi connectivity index (χ3v) is 2.91. The highest BCUT2D eigenvalue weighted by Gasteiger charge is 2.12. The Kier molecular flexibility index (Phi) is 9.58. The van der Waals surface area contributed by atoms with Crippen LogP contribution >= 0.6 is 12.2 Å². The van der Waals surface area contributed by atoms with Gasteiger partial charge in [0.1, 0.15) is 6.54 Å². The van der Waals surface area contributed by atoms with E-state index < -0.39 is 0 Å². The first-order chi connectivity index (χ1) is 12.8. The summed E-state index contributed by atoms with van der Waals surface area (Å²) < 4.78 is 0. The van der Waals surface area contributed by atoms with Gasteiger partial charge in [0.05, 0.1) is 42.1 Å². The van der Waals surface area contributed by atoms with E-state index in [0.29, 0.717) is 24.4 Å². The topological polar surface area (TPSA) is 136 Å². The standard InChI is InChI=1S/2C4H5NO2.C4H5NOS.C3H5N3/c2*1-3-2-4(6)7-5-3;1-3-2-4(7)6-5-3;1-3-2-4-6-5-3/h3*2H2,1H3;2H2,1H3. The second-order valence-electron chi connectivity index (χ2n) is 5.62. The molecule has 27 heavy (non-hydrogen) atoms. The molecule has 0 aromatic heterocycles.